The lowest BCUT2D eigenvalue weighted by Crippen LogP contribution is -2.19. The van der Waals surface area contributed by atoms with Crippen molar-refractivity contribution < 1.29 is 18.8 Å². The minimum Gasteiger partial charge on any atom is -0.382 e. The largest absolute Gasteiger partial charge is 0.439 e. The number of ether oxygens (including phenoxy) is 2. The fourth-order valence-electron chi connectivity index (χ4n) is 1.60. The van der Waals surface area contributed by atoms with E-state index in [9.17, 15) is 9.59 Å². The molecule has 0 saturated heterocycles. The summed E-state index contributed by atoms with van der Waals surface area (Å²) in [6, 6.07) is 6.85. The van der Waals surface area contributed by atoms with E-state index < -0.39 is 5.76 Å². The SMILES string of the molecule is COCCOCC(=O)Nc1cccc(-c2noc(=O)[nH]2)c1. The lowest BCUT2D eigenvalue weighted by Gasteiger charge is -2.07. The Hall–Kier alpha value is -2.45. The average Bonchev–Trinajstić information content (AvgIpc) is 2.91. The molecule has 0 aliphatic rings. The molecule has 1 amide bonds. The van der Waals surface area contributed by atoms with Crippen LogP contribution in [0.4, 0.5) is 5.69 Å². The lowest BCUT2D eigenvalue weighted by atomic mass is 10.2. The van der Waals surface area contributed by atoms with E-state index in [1.54, 1.807) is 31.4 Å². The normalized spacial score (nSPS) is 10.5. The highest BCUT2D eigenvalue weighted by atomic mass is 16.5. The molecule has 21 heavy (non-hydrogen) atoms. The van der Waals surface area contributed by atoms with Gasteiger partial charge in [0.1, 0.15) is 6.61 Å². The van der Waals surface area contributed by atoms with Gasteiger partial charge >= 0.3 is 5.76 Å². The van der Waals surface area contributed by atoms with Gasteiger partial charge in [-0.25, -0.2) is 4.79 Å². The zero-order chi connectivity index (χ0) is 15.1. The molecular formula is C13H15N3O5. The predicted octanol–water partition coefficient (Wildman–Crippen LogP) is 0.631. The molecule has 112 valence electrons. The highest BCUT2D eigenvalue weighted by Crippen LogP contribution is 2.18. The molecule has 1 aromatic heterocycles. The third-order valence-corrected chi connectivity index (χ3v) is 2.53. The summed E-state index contributed by atoms with van der Waals surface area (Å²) in [6.45, 7) is 0.723. The first-order chi connectivity index (χ1) is 10.2. The van der Waals surface area contributed by atoms with Crippen molar-refractivity contribution >= 4 is 11.6 Å². The van der Waals surface area contributed by atoms with E-state index in [1.165, 1.54) is 0 Å². The molecule has 0 aliphatic heterocycles. The van der Waals surface area contributed by atoms with Crippen molar-refractivity contribution in [1.82, 2.24) is 10.1 Å². The summed E-state index contributed by atoms with van der Waals surface area (Å²) in [4.78, 5) is 25.0. The highest BCUT2D eigenvalue weighted by molar-refractivity contribution is 5.92. The van der Waals surface area contributed by atoms with Gasteiger partial charge in [-0.3, -0.25) is 14.3 Å². The Morgan fingerprint density at radius 2 is 2.29 bits per heavy atom. The molecule has 0 radical (unpaired) electrons. The molecule has 0 spiro atoms. The van der Waals surface area contributed by atoms with Crippen molar-refractivity contribution in [2.45, 2.75) is 0 Å². The molecule has 0 aliphatic carbocycles. The number of nitrogens with one attached hydrogen (secondary N) is 2. The van der Waals surface area contributed by atoms with E-state index in [2.05, 4.69) is 20.0 Å². The molecule has 0 fully saturated rings. The molecule has 1 aromatic carbocycles. The summed E-state index contributed by atoms with van der Waals surface area (Å²) in [5, 5.41) is 6.26. The van der Waals surface area contributed by atoms with Crippen molar-refractivity contribution in [3.63, 3.8) is 0 Å². The van der Waals surface area contributed by atoms with Crippen LogP contribution in [0.5, 0.6) is 0 Å². The predicted molar refractivity (Wildman–Crippen MR) is 73.9 cm³/mol. The summed E-state index contributed by atoms with van der Waals surface area (Å²) in [6.07, 6.45) is 0. The first kappa shape index (κ1) is 14.9. The Kier molecular flexibility index (Phi) is 5.24. The highest BCUT2D eigenvalue weighted by Gasteiger charge is 2.07. The van der Waals surface area contributed by atoms with Crippen LogP contribution in [0, 0.1) is 0 Å². The number of nitrogens with zero attached hydrogens (tertiary/aromatic N) is 1. The topological polar surface area (TPSA) is 106 Å². The van der Waals surface area contributed by atoms with Gasteiger partial charge in [0.05, 0.1) is 13.2 Å². The van der Waals surface area contributed by atoms with E-state index in [-0.39, 0.29) is 12.5 Å². The van der Waals surface area contributed by atoms with Gasteiger partial charge in [0.2, 0.25) is 5.91 Å². The molecule has 8 nitrogen and oxygen atoms in total. The standard InChI is InChI=1S/C13H15N3O5/c1-19-5-6-20-8-11(17)14-10-4-2-3-9(7-10)12-15-13(18)21-16-12/h2-4,7H,5-6,8H2,1H3,(H,14,17)(H,15,16,18). The van der Waals surface area contributed by atoms with Crippen LogP contribution in [0.15, 0.2) is 33.6 Å². The zero-order valence-electron chi connectivity index (χ0n) is 11.4. The third-order valence-electron chi connectivity index (χ3n) is 2.53. The van der Waals surface area contributed by atoms with Crippen molar-refractivity contribution in [1.29, 1.82) is 0 Å². The first-order valence-corrected chi connectivity index (χ1v) is 6.22. The minimum atomic E-state index is -0.633. The van der Waals surface area contributed by atoms with Gasteiger partial charge in [-0.05, 0) is 12.1 Å². The van der Waals surface area contributed by atoms with Crippen LogP contribution in [0.2, 0.25) is 0 Å². The smallest absolute Gasteiger partial charge is 0.382 e. The molecule has 0 bridgehead atoms. The lowest BCUT2D eigenvalue weighted by molar-refractivity contribution is -0.121. The monoisotopic (exact) mass is 293 g/mol. The summed E-state index contributed by atoms with van der Waals surface area (Å²) < 4.78 is 14.4. The summed E-state index contributed by atoms with van der Waals surface area (Å²) in [5.41, 5.74) is 1.19. The molecular weight excluding hydrogens is 278 g/mol. The van der Waals surface area contributed by atoms with Gasteiger partial charge < -0.3 is 14.8 Å². The van der Waals surface area contributed by atoms with E-state index in [1.807, 2.05) is 0 Å². The van der Waals surface area contributed by atoms with E-state index >= 15 is 0 Å². The number of benzene rings is 1. The van der Waals surface area contributed by atoms with Crippen LogP contribution in [-0.2, 0) is 14.3 Å². The summed E-state index contributed by atoms with van der Waals surface area (Å²) >= 11 is 0. The maximum atomic E-state index is 11.7. The molecule has 0 atom stereocenters. The van der Waals surface area contributed by atoms with Crippen LogP contribution >= 0.6 is 0 Å². The number of amides is 1. The quantitative estimate of drug-likeness (QED) is 0.725. The first-order valence-electron chi connectivity index (χ1n) is 6.22. The average molecular weight is 293 g/mol. The Bertz CT molecular complexity index is 649. The fraction of sp³-hybridized carbons (Fsp3) is 0.308. The number of carbonyl (C=O) groups excluding carboxylic acids is 1. The maximum absolute atomic E-state index is 11.7. The van der Waals surface area contributed by atoms with Gasteiger partial charge in [-0.15, -0.1) is 0 Å². The number of H-pyrrole nitrogens is 1. The number of anilines is 1. The van der Waals surface area contributed by atoms with Crippen LogP contribution < -0.4 is 11.1 Å². The van der Waals surface area contributed by atoms with Crippen molar-refractivity contribution in [2.24, 2.45) is 0 Å². The number of aromatic amines is 1. The second-order valence-corrected chi connectivity index (χ2v) is 4.12. The minimum absolute atomic E-state index is 0.0611. The number of aromatic nitrogens is 2. The van der Waals surface area contributed by atoms with Gasteiger partial charge in [-0.2, -0.15) is 0 Å². The van der Waals surface area contributed by atoms with Crippen molar-refractivity contribution in [2.75, 3.05) is 32.2 Å². The summed E-state index contributed by atoms with van der Waals surface area (Å²) in [5.74, 6) is -0.615. The Labute approximate surface area is 120 Å². The van der Waals surface area contributed by atoms with E-state index in [4.69, 9.17) is 9.47 Å². The third kappa shape index (κ3) is 4.55. The number of methoxy groups -OCH3 is 1. The molecule has 2 aromatic rings. The van der Waals surface area contributed by atoms with E-state index in [0.29, 0.717) is 30.3 Å². The van der Waals surface area contributed by atoms with Gasteiger partial charge in [-0.1, -0.05) is 17.3 Å². The number of hydrogen-bond acceptors (Lipinski definition) is 6. The second kappa shape index (κ2) is 7.36. The van der Waals surface area contributed by atoms with Crippen LogP contribution in [-0.4, -0.2) is 43.0 Å². The Balaban J connectivity index is 1.95. The summed E-state index contributed by atoms with van der Waals surface area (Å²) in [7, 11) is 1.56. The zero-order valence-corrected chi connectivity index (χ0v) is 11.4. The van der Waals surface area contributed by atoms with Gasteiger partial charge in [0, 0.05) is 18.4 Å². The number of rotatable bonds is 7. The molecule has 1 heterocycles. The van der Waals surface area contributed by atoms with Gasteiger partial charge in [0.15, 0.2) is 5.82 Å². The van der Waals surface area contributed by atoms with Crippen LogP contribution in [0.25, 0.3) is 11.4 Å². The van der Waals surface area contributed by atoms with Crippen LogP contribution in [0.1, 0.15) is 0 Å². The molecule has 2 rings (SSSR count). The Morgan fingerprint density at radius 1 is 1.43 bits per heavy atom. The van der Waals surface area contributed by atoms with Crippen molar-refractivity contribution in [3.05, 3.63) is 34.8 Å². The molecule has 0 unspecified atom stereocenters. The second-order valence-electron chi connectivity index (χ2n) is 4.12. The van der Waals surface area contributed by atoms with Crippen molar-refractivity contribution in [3.8, 4) is 11.4 Å². The number of hydrogen-bond donors (Lipinski definition) is 2. The Morgan fingerprint density at radius 3 is 3.00 bits per heavy atom. The molecule has 2 N–H and O–H groups in total. The number of carbonyl (C=O) groups is 1. The fourth-order valence-corrected chi connectivity index (χ4v) is 1.60. The van der Waals surface area contributed by atoms with Crippen LogP contribution in [0.3, 0.4) is 0 Å². The molecule has 8 heteroatoms. The van der Waals surface area contributed by atoms with E-state index in [0.717, 1.165) is 0 Å². The molecule has 0 saturated carbocycles. The van der Waals surface area contributed by atoms with Gasteiger partial charge in [0.25, 0.3) is 0 Å². The maximum Gasteiger partial charge on any atom is 0.439 e.